The zero-order valence-corrected chi connectivity index (χ0v) is 15.0. The second-order valence-electron chi connectivity index (χ2n) is 6.80. The van der Waals surface area contributed by atoms with Crippen LogP contribution in [0.2, 0.25) is 0 Å². The average molecular weight is 364 g/mol. The zero-order chi connectivity index (χ0) is 17.9. The Morgan fingerprint density at radius 1 is 1.20 bits per heavy atom. The third kappa shape index (κ3) is 3.94. The molecule has 2 aliphatic heterocycles. The van der Waals surface area contributed by atoms with Gasteiger partial charge in [-0.15, -0.1) is 0 Å². The van der Waals surface area contributed by atoms with E-state index in [1.807, 2.05) is 36.4 Å². The molecule has 6 nitrogen and oxygen atoms in total. The first kappa shape index (κ1) is 18.1. The number of carboxylic acid groups (broad SMARTS) is 1. The highest BCUT2D eigenvalue weighted by Gasteiger charge is 2.45. The van der Waals surface area contributed by atoms with Crippen LogP contribution in [0.5, 0.6) is 0 Å². The number of nitrogens with zero attached hydrogens (tertiary/aromatic N) is 1. The summed E-state index contributed by atoms with van der Waals surface area (Å²) < 4.78 is 27.1. The predicted molar refractivity (Wildman–Crippen MR) is 96.6 cm³/mol. The summed E-state index contributed by atoms with van der Waals surface area (Å²) in [7, 11) is -3.61. The van der Waals surface area contributed by atoms with Gasteiger partial charge in [-0.3, -0.25) is 4.79 Å². The van der Waals surface area contributed by atoms with Crippen LogP contribution in [0.1, 0.15) is 24.8 Å². The molecule has 1 fully saturated rings. The number of rotatable bonds is 5. The Balaban J connectivity index is 1.73. The summed E-state index contributed by atoms with van der Waals surface area (Å²) in [5.74, 6) is -1.32. The summed E-state index contributed by atoms with van der Waals surface area (Å²) in [5.41, 5.74) is 1.08. The normalized spacial score (nSPS) is 21.5. The molecule has 0 radical (unpaired) electrons. The lowest BCUT2D eigenvalue weighted by Crippen LogP contribution is -2.49. The molecule has 3 rings (SSSR count). The van der Waals surface area contributed by atoms with Crippen molar-refractivity contribution < 1.29 is 18.3 Å². The van der Waals surface area contributed by atoms with E-state index in [-0.39, 0.29) is 5.75 Å². The molecule has 136 valence electrons. The van der Waals surface area contributed by atoms with Crippen molar-refractivity contribution in [2.75, 3.05) is 31.9 Å². The lowest BCUT2D eigenvalue weighted by molar-refractivity contribution is -0.149. The van der Waals surface area contributed by atoms with Gasteiger partial charge in [0.05, 0.1) is 11.2 Å². The van der Waals surface area contributed by atoms with Crippen LogP contribution < -0.4 is 5.32 Å². The predicted octanol–water partition coefficient (Wildman–Crippen LogP) is 1.56. The van der Waals surface area contributed by atoms with Crippen molar-refractivity contribution in [1.82, 2.24) is 9.62 Å². The van der Waals surface area contributed by atoms with Crippen LogP contribution >= 0.6 is 0 Å². The molecule has 0 atom stereocenters. The first-order chi connectivity index (χ1) is 11.9. The molecular weight excluding hydrogens is 340 g/mol. The second kappa shape index (κ2) is 7.27. The SMILES string of the molecule is O=C(O)C1(CS(=O)(=O)N2CC=C(c3ccccc3)CC2)CCNCC1. The Hall–Kier alpha value is -1.70. The topological polar surface area (TPSA) is 86.7 Å². The Kier molecular flexibility index (Phi) is 5.27. The lowest BCUT2D eigenvalue weighted by Gasteiger charge is -2.35. The molecule has 0 bridgehead atoms. The number of nitrogens with one attached hydrogen (secondary N) is 1. The minimum atomic E-state index is -3.61. The van der Waals surface area contributed by atoms with Crippen LogP contribution in [0, 0.1) is 5.41 Å². The molecule has 1 aromatic rings. The summed E-state index contributed by atoms with van der Waals surface area (Å²) in [5, 5.41) is 12.7. The molecule has 2 N–H and O–H groups in total. The summed E-state index contributed by atoms with van der Waals surface area (Å²) >= 11 is 0. The summed E-state index contributed by atoms with van der Waals surface area (Å²) in [4.78, 5) is 11.8. The van der Waals surface area contributed by atoms with Gasteiger partial charge in [-0.25, -0.2) is 8.42 Å². The summed E-state index contributed by atoms with van der Waals surface area (Å²) in [6.45, 7) is 1.79. The van der Waals surface area contributed by atoms with Crippen molar-refractivity contribution >= 4 is 21.6 Å². The van der Waals surface area contributed by atoms with E-state index in [1.165, 1.54) is 4.31 Å². The quantitative estimate of drug-likeness (QED) is 0.828. The van der Waals surface area contributed by atoms with Crippen molar-refractivity contribution in [2.24, 2.45) is 5.41 Å². The van der Waals surface area contributed by atoms with Gasteiger partial charge in [-0.2, -0.15) is 4.31 Å². The van der Waals surface area contributed by atoms with E-state index in [0.29, 0.717) is 45.4 Å². The molecule has 1 aromatic carbocycles. The molecule has 2 aliphatic rings. The Morgan fingerprint density at radius 3 is 2.44 bits per heavy atom. The van der Waals surface area contributed by atoms with Crippen LogP contribution in [-0.2, 0) is 14.8 Å². The van der Waals surface area contributed by atoms with E-state index < -0.39 is 21.4 Å². The number of carbonyl (C=O) groups is 1. The number of benzene rings is 1. The summed E-state index contributed by atoms with van der Waals surface area (Å²) in [6.07, 6.45) is 3.28. The van der Waals surface area contributed by atoms with Crippen molar-refractivity contribution in [1.29, 1.82) is 0 Å². The second-order valence-corrected chi connectivity index (χ2v) is 8.76. The fourth-order valence-corrected chi connectivity index (χ4v) is 5.55. The maximum Gasteiger partial charge on any atom is 0.310 e. The molecule has 0 aliphatic carbocycles. The maximum atomic E-state index is 12.8. The number of carboxylic acids is 1. The fourth-order valence-electron chi connectivity index (χ4n) is 3.58. The highest BCUT2D eigenvalue weighted by atomic mass is 32.2. The number of sulfonamides is 1. The third-order valence-electron chi connectivity index (χ3n) is 5.18. The van der Waals surface area contributed by atoms with Gasteiger partial charge in [0, 0.05) is 13.1 Å². The molecular formula is C18H24N2O4S. The Bertz CT molecular complexity index is 753. The van der Waals surface area contributed by atoms with Gasteiger partial charge in [0.2, 0.25) is 10.0 Å². The van der Waals surface area contributed by atoms with Gasteiger partial charge in [0.1, 0.15) is 0 Å². The van der Waals surface area contributed by atoms with Crippen LogP contribution in [-0.4, -0.2) is 55.7 Å². The van der Waals surface area contributed by atoms with Gasteiger partial charge in [0.25, 0.3) is 0 Å². The van der Waals surface area contributed by atoms with E-state index in [4.69, 9.17) is 0 Å². The minimum Gasteiger partial charge on any atom is -0.481 e. The van der Waals surface area contributed by atoms with E-state index in [0.717, 1.165) is 11.1 Å². The molecule has 25 heavy (non-hydrogen) atoms. The minimum absolute atomic E-state index is 0.306. The van der Waals surface area contributed by atoms with Crippen molar-refractivity contribution in [3.63, 3.8) is 0 Å². The zero-order valence-electron chi connectivity index (χ0n) is 14.1. The lowest BCUT2D eigenvalue weighted by atomic mass is 9.81. The molecule has 0 unspecified atom stereocenters. The number of aliphatic carboxylic acids is 1. The maximum absolute atomic E-state index is 12.8. The summed E-state index contributed by atoms with van der Waals surface area (Å²) in [6, 6.07) is 9.92. The van der Waals surface area contributed by atoms with Gasteiger partial charge in [0.15, 0.2) is 0 Å². The first-order valence-electron chi connectivity index (χ1n) is 8.59. The number of hydrogen-bond donors (Lipinski definition) is 2. The van der Waals surface area contributed by atoms with Crippen LogP contribution in [0.25, 0.3) is 5.57 Å². The van der Waals surface area contributed by atoms with Crippen molar-refractivity contribution in [3.05, 3.63) is 42.0 Å². The molecule has 7 heteroatoms. The van der Waals surface area contributed by atoms with Crippen LogP contribution in [0.3, 0.4) is 0 Å². The molecule has 2 heterocycles. The molecule has 1 saturated heterocycles. The monoisotopic (exact) mass is 364 g/mol. The van der Waals surface area contributed by atoms with Gasteiger partial charge >= 0.3 is 5.97 Å². The molecule has 0 amide bonds. The fraction of sp³-hybridized carbons (Fsp3) is 0.500. The number of hydrogen-bond acceptors (Lipinski definition) is 4. The van der Waals surface area contributed by atoms with E-state index in [9.17, 15) is 18.3 Å². The smallest absolute Gasteiger partial charge is 0.310 e. The highest BCUT2D eigenvalue weighted by molar-refractivity contribution is 7.89. The molecule has 0 aromatic heterocycles. The van der Waals surface area contributed by atoms with E-state index >= 15 is 0 Å². The first-order valence-corrected chi connectivity index (χ1v) is 10.2. The van der Waals surface area contributed by atoms with E-state index in [1.54, 1.807) is 0 Å². The van der Waals surface area contributed by atoms with Crippen LogP contribution in [0.15, 0.2) is 36.4 Å². The molecule has 0 spiro atoms. The van der Waals surface area contributed by atoms with Gasteiger partial charge in [-0.1, -0.05) is 36.4 Å². The highest BCUT2D eigenvalue weighted by Crippen LogP contribution is 2.33. The van der Waals surface area contributed by atoms with Crippen LogP contribution in [0.4, 0.5) is 0 Å². The Labute approximate surface area is 148 Å². The van der Waals surface area contributed by atoms with Gasteiger partial charge < -0.3 is 10.4 Å². The molecule has 0 saturated carbocycles. The number of piperidine rings is 1. The Morgan fingerprint density at radius 2 is 1.88 bits per heavy atom. The standard InChI is InChI=1S/C18H24N2O4S/c21-17(22)18(8-10-19-11-9-18)14-25(23,24)20-12-6-16(7-13-20)15-4-2-1-3-5-15/h1-6,19H,7-14H2,(H,21,22). The van der Waals surface area contributed by atoms with E-state index in [2.05, 4.69) is 5.32 Å². The van der Waals surface area contributed by atoms with Gasteiger partial charge in [-0.05, 0) is 43.5 Å². The third-order valence-corrected chi connectivity index (χ3v) is 7.22. The largest absolute Gasteiger partial charge is 0.481 e. The average Bonchev–Trinajstić information content (AvgIpc) is 2.63. The van der Waals surface area contributed by atoms with Crippen molar-refractivity contribution in [3.8, 4) is 0 Å². The van der Waals surface area contributed by atoms with Crippen molar-refractivity contribution in [2.45, 2.75) is 19.3 Å².